The zero-order chi connectivity index (χ0) is 20.3. The summed E-state index contributed by atoms with van der Waals surface area (Å²) in [5, 5.41) is 9.26. The fourth-order valence-electron chi connectivity index (χ4n) is 4.27. The number of hydrogen-bond donors (Lipinski definition) is 1. The van der Waals surface area contributed by atoms with Gasteiger partial charge in [-0.25, -0.2) is 9.97 Å². The molecular weight excluding hydrogens is 374 g/mol. The van der Waals surface area contributed by atoms with Crippen LogP contribution in [0, 0.1) is 0 Å². The molecular formula is C23H27N7. The molecule has 154 valence electrons. The molecule has 0 amide bonds. The van der Waals surface area contributed by atoms with Gasteiger partial charge in [0.1, 0.15) is 0 Å². The summed E-state index contributed by atoms with van der Waals surface area (Å²) in [6.45, 7) is 5.54. The average Bonchev–Trinajstić information content (AvgIpc) is 3.24. The van der Waals surface area contributed by atoms with E-state index in [1.54, 1.807) is 12.4 Å². The Kier molecular flexibility index (Phi) is 5.27. The predicted octanol–water partition coefficient (Wildman–Crippen LogP) is 4.02. The van der Waals surface area contributed by atoms with Gasteiger partial charge in [0.25, 0.3) is 0 Å². The first-order chi connectivity index (χ1) is 14.8. The first-order valence-corrected chi connectivity index (χ1v) is 10.8. The molecule has 1 saturated heterocycles. The number of hydrogen-bond acceptors (Lipinski definition) is 6. The van der Waals surface area contributed by atoms with Crippen LogP contribution < -0.4 is 5.32 Å². The minimum absolute atomic E-state index is 0.681. The summed E-state index contributed by atoms with van der Waals surface area (Å²) in [7, 11) is 0. The standard InChI is InChI=1S/C23H27N7/c1-17-7-4-5-15-29(17)16-6-12-25-23-26-20-9-3-2-8-19(20)22-27-21(28-30(22)23)18-10-13-24-14-11-18/h2-3,8-11,13-14,17H,4-7,12,15-16H2,1H3,(H,25,26). The lowest BCUT2D eigenvalue weighted by atomic mass is 10.0. The van der Waals surface area contributed by atoms with Crippen LogP contribution >= 0.6 is 0 Å². The maximum Gasteiger partial charge on any atom is 0.226 e. The first kappa shape index (κ1) is 18.9. The van der Waals surface area contributed by atoms with E-state index in [1.165, 1.54) is 25.8 Å². The second kappa shape index (κ2) is 8.36. The SMILES string of the molecule is CC1CCCCN1CCCNc1nc2ccccc2c2nc(-c3ccncc3)nn12. The fourth-order valence-corrected chi connectivity index (χ4v) is 4.27. The molecule has 4 aromatic rings. The van der Waals surface area contributed by atoms with E-state index in [0.29, 0.717) is 11.9 Å². The molecule has 5 rings (SSSR count). The largest absolute Gasteiger partial charge is 0.354 e. The molecule has 0 saturated carbocycles. The predicted molar refractivity (Wildman–Crippen MR) is 120 cm³/mol. The van der Waals surface area contributed by atoms with Gasteiger partial charge in [-0.2, -0.15) is 4.52 Å². The van der Waals surface area contributed by atoms with Gasteiger partial charge in [-0.3, -0.25) is 4.98 Å². The summed E-state index contributed by atoms with van der Waals surface area (Å²) in [6, 6.07) is 12.6. The minimum atomic E-state index is 0.681. The van der Waals surface area contributed by atoms with Crippen molar-refractivity contribution in [2.45, 2.75) is 38.6 Å². The zero-order valence-electron chi connectivity index (χ0n) is 17.3. The number of pyridine rings is 1. The fraction of sp³-hybridized carbons (Fsp3) is 0.391. The van der Waals surface area contributed by atoms with Gasteiger partial charge in [0.15, 0.2) is 11.5 Å². The highest BCUT2D eigenvalue weighted by Gasteiger charge is 2.18. The van der Waals surface area contributed by atoms with E-state index in [0.717, 1.165) is 47.6 Å². The van der Waals surface area contributed by atoms with Gasteiger partial charge in [-0.05, 0) is 57.0 Å². The lowest BCUT2D eigenvalue weighted by Crippen LogP contribution is -2.38. The number of benzene rings is 1. The van der Waals surface area contributed by atoms with E-state index in [9.17, 15) is 0 Å². The summed E-state index contributed by atoms with van der Waals surface area (Å²) in [4.78, 5) is 16.3. The Bertz CT molecular complexity index is 1140. The van der Waals surface area contributed by atoms with Crippen molar-refractivity contribution in [1.82, 2.24) is 29.5 Å². The average molecular weight is 402 g/mol. The number of nitrogens with zero attached hydrogens (tertiary/aromatic N) is 6. The molecule has 0 radical (unpaired) electrons. The van der Waals surface area contributed by atoms with Crippen LogP contribution in [-0.4, -0.2) is 55.1 Å². The summed E-state index contributed by atoms with van der Waals surface area (Å²) >= 11 is 0. The van der Waals surface area contributed by atoms with Crippen LogP contribution in [0.4, 0.5) is 5.95 Å². The summed E-state index contributed by atoms with van der Waals surface area (Å²) in [5.74, 6) is 1.42. The molecule has 1 N–H and O–H groups in total. The number of aromatic nitrogens is 5. The van der Waals surface area contributed by atoms with Crippen molar-refractivity contribution in [1.29, 1.82) is 0 Å². The molecule has 1 aliphatic heterocycles. The van der Waals surface area contributed by atoms with Gasteiger partial charge in [0.2, 0.25) is 5.95 Å². The third-order valence-electron chi connectivity index (χ3n) is 5.96. The lowest BCUT2D eigenvalue weighted by Gasteiger charge is -2.33. The van der Waals surface area contributed by atoms with E-state index in [2.05, 4.69) is 22.1 Å². The number of para-hydroxylation sites is 1. The third-order valence-corrected chi connectivity index (χ3v) is 5.96. The lowest BCUT2D eigenvalue weighted by molar-refractivity contribution is 0.160. The van der Waals surface area contributed by atoms with Crippen LogP contribution in [0.3, 0.4) is 0 Å². The van der Waals surface area contributed by atoms with E-state index >= 15 is 0 Å². The Balaban J connectivity index is 1.41. The van der Waals surface area contributed by atoms with Gasteiger partial charge in [-0.1, -0.05) is 18.6 Å². The van der Waals surface area contributed by atoms with Gasteiger partial charge in [0, 0.05) is 42.5 Å². The number of nitrogens with one attached hydrogen (secondary N) is 1. The van der Waals surface area contributed by atoms with E-state index in [1.807, 2.05) is 40.9 Å². The van der Waals surface area contributed by atoms with Gasteiger partial charge in [0.05, 0.1) is 5.52 Å². The molecule has 7 heteroatoms. The van der Waals surface area contributed by atoms with Crippen LogP contribution in [0.1, 0.15) is 32.6 Å². The van der Waals surface area contributed by atoms with Crippen molar-refractivity contribution in [2.75, 3.05) is 25.0 Å². The van der Waals surface area contributed by atoms with Crippen molar-refractivity contribution < 1.29 is 0 Å². The van der Waals surface area contributed by atoms with Gasteiger partial charge < -0.3 is 10.2 Å². The normalized spacial score (nSPS) is 17.6. The van der Waals surface area contributed by atoms with Crippen molar-refractivity contribution in [3.05, 3.63) is 48.8 Å². The molecule has 1 fully saturated rings. The van der Waals surface area contributed by atoms with Gasteiger partial charge in [-0.15, -0.1) is 5.10 Å². The van der Waals surface area contributed by atoms with Crippen LogP contribution in [0.5, 0.6) is 0 Å². The van der Waals surface area contributed by atoms with Crippen molar-refractivity contribution in [3.63, 3.8) is 0 Å². The first-order valence-electron chi connectivity index (χ1n) is 10.8. The number of fused-ring (bicyclic) bond motifs is 3. The molecule has 7 nitrogen and oxygen atoms in total. The van der Waals surface area contributed by atoms with Crippen molar-refractivity contribution in [2.24, 2.45) is 0 Å². The second-order valence-corrected chi connectivity index (χ2v) is 8.02. The smallest absolute Gasteiger partial charge is 0.226 e. The van der Waals surface area contributed by atoms with E-state index in [-0.39, 0.29) is 0 Å². The summed E-state index contributed by atoms with van der Waals surface area (Å²) in [6.07, 6.45) is 8.60. The second-order valence-electron chi connectivity index (χ2n) is 8.02. The molecule has 30 heavy (non-hydrogen) atoms. The Morgan fingerprint density at radius 1 is 1.07 bits per heavy atom. The molecule has 4 heterocycles. The maximum absolute atomic E-state index is 4.83. The molecule has 1 aliphatic rings. The highest BCUT2D eigenvalue weighted by Crippen LogP contribution is 2.24. The molecule has 0 aliphatic carbocycles. The zero-order valence-corrected chi connectivity index (χ0v) is 17.3. The molecule has 1 atom stereocenters. The molecule has 3 aromatic heterocycles. The summed E-state index contributed by atoms with van der Waals surface area (Å²) < 4.78 is 1.83. The van der Waals surface area contributed by atoms with Crippen molar-refractivity contribution in [3.8, 4) is 11.4 Å². The number of anilines is 1. The number of rotatable bonds is 6. The molecule has 1 aromatic carbocycles. The quantitative estimate of drug-likeness (QED) is 0.492. The van der Waals surface area contributed by atoms with Crippen LogP contribution in [0.15, 0.2) is 48.8 Å². The number of piperidine rings is 1. The molecule has 0 bridgehead atoms. The Morgan fingerprint density at radius 2 is 1.93 bits per heavy atom. The molecule has 1 unspecified atom stereocenters. The van der Waals surface area contributed by atoms with Crippen LogP contribution in [0.25, 0.3) is 27.9 Å². The van der Waals surface area contributed by atoms with Crippen molar-refractivity contribution >= 4 is 22.5 Å². The Hall–Kier alpha value is -3.06. The Morgan fingerprint density at radius 3 is 2.80 bits per heavy atom. The number of likely N-dealkylation sites (tertiary alicyclic amines) is 1. The van der Waals surface area contributed by atoms with E-state index in [4.69, 9.17) is 15.1 Å². The van der Waals surface area contributed by atoms with Crippen LogP contribution in [0.2, 0.25) is 0 Å². The minimum Gasteiger partial charge on any atom is -0.354 e. The van der Waals surface area contributed by atoms with Crippen LogP contribution in [-0.2, 0) is 0 Å². The molecule has 0 spiro atoms. The maximum atomic E-state index is 4.83. The van der Waals surface area contributed by atoms with E-state index < -0.39 is 0 Å². The highest BCUT2D eigenvalue weighted by molar-refractivity contribution is 5.92. The third kappa shape index (κ3) is 3.73. The summed E-state index contributed by atoms with van der Waals surface area (Å²) in [5.41, 5.74) is 2.69. The monoisotopic (exact) mass is 401 g/mol. The topological polar surface area (TPSA) is 71.2 Å². The Labute approximate surface area is 176 Å². The van der Waals surface area contributed by atoms with Gasteiger partial charge >= 0.3 is 0 Å². The highest BCUT2D eigenvalue weighted by atomic mass is 15.4.